The van der Waals surface area contributed by atoms with Crippen LogP contribution >= 0.6 is 11.6 Å². The van der Waals surface area contributed by atoms with Crippen LogP contribution in [0.25, 0.3) is 0 Å². The Morgan fingerprint density at radius 2 is 1.95 bits per heavy atom. The Balaban J connectivity index is 1.87. The summed E-state index contributed by atoms with van der Waals surface area (Å²) in [7, 11) is 0. The number of carboxylic acid groups (broad SMARTS) is 1. The van der Waals surface area contributed by atoms with Gasteiger partial charge in [-0.2, -0.15) is 0 Å². The Hall–Kier alpha value is -1.10. The van der Waals surface area contributed by atoms with E-state index in [2.05, 4.69) is 4.90 Å². The molecule has 0 aromatic heterocycles. The lowest BCUT2D eigenvalue weighted by Crippen LogP contribution is -2.51. The van der Waals surface area contributed by atoms with Gasteiger partial charge < -0.3 is 5.11 Å². The molecule has 1 N–H and O–H groups in total. The molecule has 1 aliphatic heterocycles. The standard InChI is InChI=1S/C14H19ClN2O2/c1-11(14(18)19)17-8-6-16(7-9-17)10-12-4-2-3-5-13(12)15/h2-5,11H,6-10H2,1H3,(H,18,19). The van der Waals surface area contributed by atoms with Crippen molar-refractivity contribution in [2.45, 2.75) is 19.5 Å². The number of halogens is 1. The molecule has 0 spiro atoms. The summed E-state index contributed by atoms with van der Waals surface area (Å²) in [5, 5.41) is 9.79. The molecule has 0 saturated carbocycles. The number of rotatable bonds is 4. The van der Waals surface area contributed by atoms with Crippen molar-refractivity contribution in [3.63, 3.8) is 0 Å². The summed E-state index contributed by atoms with van der Waals surface area (Å²) >= 11 is 6.15. The van der Waals surface area contributed by atoms with E-state index < -0.39 is 12.0 Å². The number of carboxylic acids is 1. The zero-order valence-electron chi connectivity index (χ0n) is 11.1. The van der Waals surface area contributed by atoms with E-state index >= 15 is 0 Å². The first-order valence-electron chi connectivity index (χ1n) is 6.50. The van der Waals surface area contributed by atoms with Gasteiger partial charge in [0.1, 0.15) is 6.04 Å². The Bertz CT molecular complexity index is 445. The second-order valence-electron chi connectivity index (χ2n) is 4.92. The number of hydrogen-bond acceptors (Lipinski definition) is 3. The van der Waals surface area contributed by atoms with Gasteiger partial charge in [-0.25, -0.2) is 0 Å². The minimum absolute atomic E-state index is 0.400. The molecule has 1 atom stereocenters. The van der Waals surface area contributed by atoms with Gasteiger partial charge in [0.15, 0.2) is 0 Å². The minimum atomic E-state index is -0.750. The van der Waals surface area contributed by atoms with Gasteiger partial charge in [-0.3, -0.25) is 14.6 Å². The fourth-order valence-corrected chi connectivity index (χ4v) is 2.53. The van der Waals surface area contributed by atoms with Crippen molar-refractivity contribution in [1.82, 2.24) is 9.80 Å². The second kappa shape index (κ2) is 6.37. The lowest BCUT2D eigenvalue weighted by Gasteiger charge is -2.36. The van der Waals surface area contributed by atoms with Gasteiger partial charge in [-0.15, -0.1) is 0 Å². The quantitative estimate of drug-likeness (QED) is 0.916. The van der Waals surface area contributed by atoms with Gasteiger partial charge in [0.2, 0.25) is 0 Å². The number of benzene rings is 1. The zero-order valence-corrected chi connectivity index (χ0v) is 11.8. The molecular weight excluding hydrogens is 264 g/mol. The van der Waals surface area contributed by atoms with E-state index in [0.717, 1.165) is 43.3 Å². The van der Waals surface area contributed by atoms with Gasteiger partial charge in [-0.1, -0.05) is 29.8 Å². The van der Waals surface area contributed by atoms with E-state index in [-0.39, 0.29) is 0 Å². The third-order valence-corrected chi connectivity index (χ3v) is 4.03. The van der Waals surface area contributed by atoms with Crippen LogP contribution in [0.5, 0.6) is 0 Å². The average molecular weight is 283 g/mol. The molecule has 19 heavy (non-hydrogen) atoms. The number of piperazine rings is 1. The van der Waals surface area contributed by atoms with E-state index in [1.54, 1.807) is 6.92 Å². The molecule has 1 aliphatic rings. The van der Waals surface area contributed by atoms with Crippen LogP contribution in [-0.2, 0) is 11.3 Å². The number of carbonyl (C=O) groups is 1. The predicted molar refractivity (Wildman–Crippen MR) is 75.4 cm³/mol. The van der Waals surface area contributed by atoms with Crippen molar-refractivity contribution >= 4 is 17.6 Å². The first-order chi connectivity index (χ1) is 9.08. The maximum absolute atomic E-state index is 10.9. The summed E-state index contributed by atoms with van der Waals surface area (Å²) in [4.78, 5) is 15.3. The largest absolute Gasteiger partial charge is 0.480 e. The smallest absolute Gasteiger partial charge is 0.320 e. The monoisotopic (exact) mass is 282 g/mol. The van der Waals surface area contributed by atoms with E-state index in [1.165, 1.54) is 0 Å². The summed E-state index contributed by atoms with van der Waals surface area (Å²) in [5.74, 6) is -0.750. The average Bonchev–Trinajstić information content (AvgIpc) is 2.41. The third kappa shape index (κ3) is 3.69. The highest BCUT2D eigenvalue weighted by molar-refractivity contribution is 6.31. The lowest BCUT2D eigenvalue weighted by atomic mass is 10.2. The number of hydrogen-bond donors (Lipinski definition) is 1. The number of nitrogens with zero attached hydrogens (tertiary/aromatic N) is 2. The van der Waals surface area contributed by atoms with Gasteiger partial charge in [0.25, 0.3) is 0 Å². The van der Waals surface area contributed by atoms with Gasteiger partial charge >= 0.3 is 5.97 Å². The van der Waals surface area contributed by atoms with Crippen molar-refractivity contribution in [2.75, 3.05) is 26.2 Å². The fourth-order valence-electron chi connectivity index (χ4n) is 2.33. The van der Waals surface area contributed by atoms with E-state index in [0.29, 0.717) is 0 Å². The first-order valence-corrected chi connectivity index (χ1v) is 6.88. The van der Waals surface area contributed by atoms with Crippen LogP contribution in [0, 0.1) is 0 Å². The van der Waals surface area contributed by atoms with E-state index in [4.69, 9.17) is 16.7 Å². The minimum Gasteiger partial charge on any atom is -0.480 e. The Morgan fingerprint density at radius 1 is 1.32 bits per heavy atom. The van der Waals surface area contributed by atoms with E-state index in [9.17, 15) is 4.79 Å². The van der Waals surface area contributed by atoms with Crippen LogP contribution in [0.1, 0.15) is 12.5 Å². The summed E-state index contributed by atoms with van der Waals surface area (Å²) in [6.07, 6.45) is 0. The highest BCUT2D eigenvalue weighted by Crippen LogP contribution is 2.18. The van der Waals surface area contributed by atoms with Gasteiger partial charge in [0, 0.05) is 37.7 Å². The Labute approximate surface area is 118 Å². The van der Waals surface area contributed by atoms with Crippen molar-refractivity contribution in [3.05, 3.63) is 34.9 Å². The summed E-state index contributed by atoms with van der Waals surface area (Å²) < 4.78 is 0. The highest BCUT2D eigenvalue weighted by atomic mass is 35.5. The SMILES string of the molecule is CC(C(=O)O)N1CCN(Cc2ccccc2Cl)CC1. The molecule has 0 aliphatic carbocycles. The van der Waals surface area contributed by atoms with Crippen LogP contribution in [-0.4, -0.2) is 53.1 Å². The lowest BCUT2D eigenvalue weighted by molar-refractivity contribution is -0.143. The third-order valence-electron chi connectivity index (χ3n) is 3.66. The van der Waals surface area contributed by atoms with Gasteiger partial charge in [0.05, 0.1) is 0 Å². The van der Waals surface area contributed by atoms with Gasteiger partial charge in [-0.05, 0) is 18.6 Å². The first kappa shape index (κ1) is 14.3. The molecule has 4 nitrogen and oxygen atoms in total. The molecule has 1 saturated heterocycles. The Kier molecular flexibility index (Phi) is 4.80. The maximum Gasteiger partial charge on any atom is 0.320 e. The molecule has 1 aromatic rings. The molecule has 0 amide bonds. The zero-order chi connectivity index (χ0) is 13.8. The highest BCUT2D eigenvalue weighted by Gasteiger charge is 2.25. The number of aliphatic carboxylic acids is 1. The van der Waals surface area contributed by atoms with Crippen molar-refractivity contribution in [2.24, 2.45) is 0 Å². The molecule has 1 aromatic carbocycles. The second-order valence-corrected chi connectivity index (χ2v) is 5.32. The van der Waals surface area contributed by atoms with Crippen LogP contribution < -0.4 is 0 Å². The molecule has 2 rings (SSSR count). The van der Waals surface area contributed by atoms with Crippen molar-refractivity contribution in [3.8, 4) is 0 Å². The van der Waals surface area contributed by atoms with Crippen LogP contribution in [0.15, 0.2) is 24.3 Å². The Morgan fingerprint density at radius 3 is 2.53 bits per heavy atom. The van der Waals surface area contributed by atoms with E-state index in [1.807, 2.05) is 29.2 Å². The fraction of sp³-hybridized carbons (Fsp3) is 0.500. The molecule has 1 fully saturated rings. The molecular formula is C14H19ClN2O2. The topological polar surface area (TPSA) is 43.8 Å². The molecule has 0 bridgehead atoms. The normalized spacial score (nSPS) is 19.3. The van der Waals surface area contributed by atoms with Crippen molar-refractivity contribution < 1.29 is 9.90 Å². The predicted octanol–water partition coefficient (Wildman–Crippen LogP) is 1.93. The van der Waals surface area contributed by atoms with Crippen LogP contribution in [0.4, 0.5) is 0 Å². The van der Waals surface area contributed by atoms with Crippen LogP contribution in [0.2, 0.25) is 5.02 Å². The maximum atomic E-state index is 10.9. The summed E-state index contributed by atoms with van der Waals surface area (Å²) in [6.45, 7) is 5.91. The molecule has 0 radical (unpaired) electrons. The molecule has 5 heteroatoms. The molecule has 1 heterocycles. The van der Waals surface area contributed by atoms with Crippen molar-refractivity contribution in [1.29, 1.82) is 0 Å². The summed E-state index contributed by atoms with van der Waals surface area (Å²) in [5.41, 5.74) is 1.13. The molecule has 104 valence electrons. The van der Waals surface area contributed by atoms with Crippen LogP contribution in [0.3, 0.4) is 0 Å². The summed E-state index contributed by atoms with van der Waals surface area (Å²) in [6, 6.07) is 7.46. The molecule has 1 unspecified atom stereocenters.